The van der Waals surface area contributed by atoms with Crippen LogP contribution >= 0.6 is 22.9 Å². The second kappa shape index (κ2) is 15.7. The number of thiophene rings is 1. The van der Waals surface area contributed by atoms with E-state index in [4.69, 9.17) is 16.6 Å². The number of carbonyl (C=O) groups is 6. The number of amides is 5. The van der Waals surface area contributed by atoms with Gasteiger partial charge in [0, 0.05) is 46.1 Å². The summed E-state index contributed by atoms with van der Waals surface area (Å²) >= 11 is 7.86. The van der Waals surface area contributed by atoms with Gasteiger partial charge in [-0.2, -0.15) is 0 Å². The molecule has 0 radical (unpaired) electrons. The van der Waals surface area contributed by atoms with Gasteiger partial charge in [-0.3, -0.25) is 48.5 Å². The number of rotatable bonds is 13. The van der Waals surface area contributed by atoms with Crippen molar-refractivity contribution in [1.82, 2.24) is 30.3 Å². The topological polar surface area (TPSA) is 185 Å². The summed E-state index contributed by atoms with van der Waals surface area (Å²) in [6.45, 7) is 6.43. The maximum atomic E-state index is 13.3. The van der Waals surface area contributed by atoms with Crippen molar-refractivity contribution in [2.75, 3.05) is 18.4 Å². The molecule has 14 nitrogen and oxygen atoms in total. The zero-order valence-corrected chi connectivity index (χ0v) is 32.1. The number of ketones is 1. The van der Waals surface area contributed by atoms with Gasteiger partial charge < -0.3 is 10.6 Å². The van der Waals surface area contributed by atoms with Crippen molar-refractivity contribution in [3.05, 3.63) is 91.8 Å². The minimum absolute atomic E-state index is 0.0267. The van der Waals surface area contributed by atoms with E-state index in [0.29, 0.717) is 48.2 Å². The summed E-state index contributed by atoms with van der Waals surface area (Å²) in [4.78, 5) is 83.7. The molecule has 55 heavy (non-hydrogen) atoms. The molecule has 16 heteroatoms. The van der Waals surface area contributed by atoms with Gasteiger partial charge in [0.15, 0.2) is 11.6 Å². The molecule has 0 aliphatic carbocycles. The molecule has 1 saturated heterocycles. The smallest absolute Gasteiger partial charge is 0.264 e. The first-order valence-electron chi connectivity index (χ1n) is 18.2. The van der Waals surface area contributed by atoms with Crippen molar-refractivity contribution >= 4 is 69.7 Å². The van der Waals surface area contributed by atoms with Gasteiger partial charge in [-0.1, -0.05) is 36.2 Å². The van der Waals surface area contributed by atoms with E-state index in [9.17, 15) is 28.8 Å². The summed E-state index contributed by atoms with van der Waals surface area (Å²) in [5.41, 5.74) is 4.35. The third-order valence-corrected chi connectivity index (χ3v) is 11.6. The summed E-state index contributed by atoms with van der Waals surface area (Å²) in [6, 6.07) is 10.6. The van der Waals surface area contributed by atoms with Crippen molar-refractivity contribution < 1.29 is 28.8 Å². The van der Waals surface area contributed by atoms with Crippen LogP contribution in [0.2, 0.25) is 5.02 Å². The molecular weight excluding hydrogens is 744 g/mol. The van der Waals surface area contributed by atoms with Crippen molar-refractivity contribution in [1.29, 1.82) is 0 Å². The molecule has 4 aromatic rings. The fourth-order valence-electron chi connectivity index (χ4n) is 7.18. The van der Waals surface area contributed by atoms with Crippen molar-refractivity contribution in [2.45, 2.75) is 77.8 Å². The Morgan fingerprint density at radius 1 is 0.964 bits per heavy atom. The number of nitrogens with zero attached hydrogens (tertiary/aromatic N) is 5. The van der Waals surface area contributed by atoms with Crippen LogP contribution < -0.4 is 16.0 Å². The average Bonchev–Trinajstić information content (AvgIpc) is 3.73. The first-order valence-corrected chi connectivity index (χ1v) is 19.4. The Balaban J connectivity index is 0.906. The lowest BCUT2D eigenvalue weighted by atomic mass is 9.99. The quantitative estimate of drug-likeness (QED) is 0.125. The third kappa shape index (κ3) is 7.45. The molecule has 3 aliphatic rings. The zero-order chi connectivity index (χ0) is 39.0. The number of piperidine rings is 1. The predicted molar refractivity (Wildman–Crippen MR) is 206 cm³/mol. The van der Waals surface area contributed by atoms with E-state index in [1.165, 1.54) is 6.07 Å². The van der Waals surface area contributed by atoms with Crippen LogP contribution in [0.25, 0.3) is 5.00 Å². The number of aliphatic imine (C=N–C) groups is 1. The third-order valence-electron chi connectivity index (χ3n) is 10.1. The van der Waals surface area contributed by atoms with Gasteiger partial charge in [-0.25, -0.2) is 0 Å². The van der Waals surface area contributed by atoms with Crippen molar-refractivity contribution in [2.24, 2.45) is 4.99 Å². The number of hydrogen-bond acceptors (Lipinski definition) is 11. The van der Waals surface area contributed by atoms with E-state index in [0.717, 1.165) is 37.2 Å². The molecule has 1 fully saturated rings. The van der Waals surface area contributed by atoms with Crippen LogP contribution in [0.4, 0.5) is 5.69 Å². The monoisotopic (exact) mass is 782 g/mol. The highest BCUT2D eigenvalue weighted by Crippen LogP contribution is 2.40. The Hall–Kier alpha value is -5.54. The minimum atomic E-state index is -1.07. The van der Waals surface area contributed by atoms with E-state index in [2.05, 4.69) is 40.0 Å². The SMILES string of the molecule is Cc1sc2c(c1C)C(c1ccc(Cl)cc1)=N[C@@H](CC(=O)NCCCCCC(=O)CNc1cccc3c1C(=O)N(C1CCC(=O)NC1=O)C3=O)c1nnc(C)n1-2. The highest BCUT2D eigenvalue weighted by atomic mass is 35.5. The number of nitrogens with one attached hydrogen (secondary N) is 3. The molecule has 3 aliphatic heterocycles. The summed E-state index contributed by atoms with van der Waals surface area (Å²) in [7, 11) is 0. The summed E-state index contributed by atoms with van der Waals surface area (Å²) in [5, 5.41) is 18.6. The van der Waals surface area contributed by atoms with E-state index in [1.807, 2.05) is 35.8 Å². The zero-order valence-electron chi connectivity index (χ0n) is 30.5. The Labute approximate surface area is 325 Å². The first kappa shape index (κ1) is 37.8. The highest BCUT2D eigenvalue weighted by Gasteiger charge is 2.45. The van der Waals surface area contributed by atoms with Gasteiger partial charge in [-0.05, 0) is 69.9 Å². The summed E-state index contributed by atoms with van der Waals surface area (Å²) in [5.74, 6) is -1.31. The van der Waals surface area contributed by atoms with Gasteiger partial charge in [0.05, 0.1) is 29.8 Å². The Morgan fingerprint density at radius 3 is 2.51 bits per heavy atom. The Morgan fingerprint density at radius 2 is 1.75 bits per heavy atom. The molecule has 3 N–H and O–H groups in total. The van der Waals surface area contributed by atoms with Crippen molar-refractivity contribution in [3.8, 4) is 5.00 Å². The molecule has 0 bridgehead atoms. The van der Waals surface area contributed by atoms with E-state index in [1.54, 1.807) is 23.5 Å². The van der Waals surface area contributed by atoms with Crippen LogP contribution in [0, 0.1) is 20.8 Å². The maximum Gasteiger partial charge on any atom is 0.264 e. The number of imide groups is 2. The van der Waals surface area contributed by atoms with Gasteiger partial charge in [-0.15, -0.1) is 21.5 Å². The number of aromatic nitrogens is 3. The standard InChI is InChI=1S/C39H39ClN8O6S/c1-20-21(2)55-39-32(20)34(23-11-13-24(40)14-12-23)43-28(35-46-45-22(3)47(35)39)18-31(51)41-17-6-4-5-8-25(49)19-42-27-10-7-9-26-33(27)38(54)48(37(26)53)29-15-16-30(50)44-36(29)52/h7,9-14,28-29,42H,4-6,8,15-19H2,1-3H3,(H,41,51)(H,44,50,52)/t28-,29?/m0/s1. The summed E-state index contributed by atoms with van der Waals surface area (Å²) < 4.78 is 2.01. The fraction of sp³-hybridized carbons (Fsp3) is 0.359. The van der Waals surface area contributed by atoms with Crippen molar-refractivity contribution in [3.63, 3.8) is 0 Å². The first-order chi connectivity index (χ1) is 26.4. The summed E-state index contributed by atoms with van der Waals surface area (Å²) in [6.07, 6.45) is 2.42. The van der Waals surface area contributed by atoms with Crippen LogP contribution in [0.5, 0.6) is 0 Å². The number of carbonyl (C=O) groups excluding carboxylic acids is 6. The second-order valence-electron chi connectivity index (χ2n) is 13.8. The lowest BCUT2D eigenvalue weighted by molar-refractivity contribution is -0.136. The van der Waals surface area contributed by atoms with E-state index < -0.39 is 35.7 Å². The van der Waals surface area contributed by atoms with E-state index in [-0.39, 0.29) is 55.0 Å². The molecular formula is C39H39ClN8O6S. The van der Waals surface area contributed by atoms with Crippen LogP contribution in [0.3, 0.4) is 0 Å². The lowest BCUT2D eigenvalue weighted by Gasteiger charge is -2.27. The highest BCUT2D eigenvalue weighted by molar-refractivity contribution is 7.15. The van der Waals surface area contributed by atoms with Gasteiger partial charge in [0.1, 0.15) is 22.9 Å². The van der Waals surface area contributed by atoms with Crippen LogP contribution in [-0.4, -0.2) is 79.8 Å². The molecule has 2 aromatic carbocycles. The molecule has 2 atom stereocenters. The number of anilines is 1. The Bertz CT molecular complexity index is 2280. The molecule has 284 valence electrons. The number of aryl methyl sites for hydroxylation is 2. The molecule has 0 spiro atoms. The van der Waals surface area contributed by atoms with Gasteiger partial charge in [0.25, 0.3) is 11.8 Å². The van der Waals surface area contributed by atoms with Crippen LogP contribution in [-0.2, 0) is 19.2 Å². The number of fused-ring (bicyclic) bond motifs is 4. The van der Waals surface area contributed by atoms with E-state index >= 15 is 0 Å². The number of benzene rings is 2. The Kier molecular flexibility index (Phi) is 10.8. The molecule has 5 amide bonds. The fourth-order valence-corrected chi connectivity index (χ4v) is 8.52. The molecule has 0 saturated carbocycles. The molecule has 7 rings (SSSR count). The predicted octanol–water partition coefficient (Wildman–Crippen LogP) is 4.95. The van der Waals surface area contributed by atoms with Crippen LogP contribution in [0.15, 0.2) is 47.5 Å². The van der Waals surface area contributed by atoms with Gasteiger partial charge >= 0.3 is 0 Å². The number of hydrogen-bond donors (Lipinski definition) is 3. The largest absolute Gasteiger partial charge is 0.377 e. The lowest BCUT2D eigenvalue weighted by Crippen LogP contribution is -2.54. The van der Waals surface area contributed by atoms with Gasteiger partial charge in [0.2, 0.25) is 17.7 Å². The minimum Gasteiger partial charge on any atom is -0.377 e. The molecule has 1 unspecified atom stereocenters. The number of unbranched alkanes of at least 4 members (excludes halogenated alkanes) is 2. The maximum absolute atomic E-state index is 13.3. The number of Topliss-reactive ketones (excluding diaryl/α,β-unsaturated/α-hetero) is 1. The molecule has 5 heterocycles. The average molecular weight is 783 g/mol. The molecule has 2 aromatic heterocycles. The normalized spacial score (nSPS) is 17.6. The van der Waals surface area contributed by atoms with Crippen LogP contribution in [0.1, 0.15) is 105 Å². The number of halogens is 1. The second-order valence-corrected chi connectivity index (χ2v) is 15.5.